The topological polar surface area (TPSA) is 37.0 Å². The van der Waals surface area contributed by atoms with E-state index >= 15 is 0 Å². The van der Waals surface area contributed by atoms with E-state index in [4.69, 9.17) is 0 Å². The van der Waals surface area contributed by atoms with Gasteiger partial charge in [0, 0.05) is 13.1 Å². The molecule has 0 fully saturated rings. The molecule has 0 aliphatic rings. The summed E-state index contributed by atoms with van der Waals surface area (Å²) >= 11 is 0. The summed E-state index contributed by atoms with van der Waals surface area (Å²) < 4.78 is 0. The van der Waals surface area contributed by atoms with Gasteiger partial charge in [-0.05, 0) is 25.0 Å². The van der Waals surface area contributed by atoms with Crippen molar-refractivity contribution in [3.8, 4) is 0 Å². The molecule has 0 amide bonds. The van der Waals surface area contributed by atoms with Gasteiger partial charge in [-0.15, -0.1) is 0 Å². The summed E-state index contributed by atoms with van der Waals surface area (Å²) in [6.45, 7) is 6.06. The molecule has 0 bridgehead atoms. The van der Waals surface area contributed by atoms with Crippen molar-refractivity contribution in [3.05, 3.63) is 53.9 Å². The molecule has 2 aromatic rings. The smallest absolute Gasteiger partial charge is 0.0550 e. The number of nitrogens with zero attached hydrogens (tertiary/aromatic N) is 1. The number of anilines is 2. The molecule has 19 heavy (non-hydrogen) atoms. The average molecular weight is 255 g/mol. The first kappa shape index (κ1) is 13.4. The second-order valence-corrected chi connectivity index (χ2v) is 4.73. The number of rotatable bonds is 6. The Morgan fingerprint density at radius 2 is 1.84 bits per heavy atom. The summed E-state index contributed by atoms with van der Waals surface area (Å²) in [5.41, 5.74) is 4.68. The molecular formula is C16H21N3. The van der Waals surface area contributed by atoms with Crippen LogP contribution in [0.25, 0.3) is 0 Å². The van der Waals surface area contributed by atoms with Crippen LogP contribution in [-0.2, 0) is 6.54 Å². The maximum atomic E-state index is 4.24. The molecule has 0 aliphatic carbocycles. The van der Waals surface area contributed by atoms with Crippen molar-refractivity contribution in [3.63, 3.8) is 0 Å². The minimum atomic E-state index is 0.820. The SMILES string of the molecule is CCCNc1cncc(NCc2cccc(C)c2)c1. The van der Waals surface area contributed by atoms with Crippen LogP contribution in [-0.4, -0.2) is 11.5 Å². The Morgan fingerprint density at radius 1 is 1.05 bits per heavy atom. The van der Waals surface area contributed by atoms with Crippen LogP contribution < -0.4 is 10.6 Å². The Hall–Kier alpha value is -2.03. The highest BCUT2D eigenvalue weighted by Gasteiger charge is 1.97. The van der Waals surface area contributed by atoms with Gasteiger partial charge in [0.25, 0.3) is 0 Å². The number of nitrogens with one attached hydrogen (secondary N) is 2. The van der Waals surface area contributed by atoms with Crippen LogP contribution in [0.2, 0.25) is 0 Å². The molecule has 0 radical (unpaired) electrons. The molecular weight excluding hydrogens is 234 g/mol. The van der Waals surface area contributed by atoms with Crippen LogP contribution >= 0.6 is 0 Å². The quantitative estimate of drug-likeness (QED) is 0.824. The minimum Gasteiger partial charge on any atom is -0.384 e. The van der Waals surface area contributed by atoms with Crippen molar-refractivity contribution in [2.45, 2.75) is 26.8 Å². The van der Waals surface area contributed by atoms with Crippen LogP contribution in [0, 0.1) is 6.92 Å². The van der Waals surface area contributed by atoms with E-state index in [1.807, 2.05) is 12.4 Å². The molecule has 1 heterocycles. The van der Waals surface area contributed by atoms with E-state index in [1.54, 1.807) is 0 Å². The molecule has 2 rings (SSSR count). The first-order valence-electron chi connectivity index (χ1n) is 6.76. The van der Waals surface area contributed by atoms with E-state index in [0.29, 0.717) is 0 Å². The van der Waals surface area contributed by atoms with Gasteiger partial charge in [-0.2, -0.15) is 0 Å². The van der Waals surface area contributed by atoms with Crippen molar-refractivity contribution in [2.24, 2.45) is 0 Å². The zero-order valence-electron chi connectivity index (χ0n) is 11.6. The lowest BCUT2D eigenvalue weighted by molar-refractivity contribution is 0.977. The third-order valence-electron chi connectivity index (χ3n) is 2.90. The largest absolute Gasteiger partial charge is 0.384 e. The molecule has 0 saturated carbocycles. The lowest BCUT2D eigenvalue weighted by Crippen LogP contribution is -2.03. The first-order chi connectivity index (χ1) is 9.28. The van der Waals surface area contributed by atoms with Gasteiger partial charge in [0.15, 0.2) is 0 Å². The fraction of sp³-hybridized carbons (Fsp3) is 0.312. The summed E-state index contributed by atoms with van der Waals surface area (Å²) in [6, 6.07) is 10.6. The van der Waals surface area contributed by atoms with Gasteiger partial charge < -0.3 is 10.6 Å². The Kier molecular flexibility index (Phi) is 4.78. The monoisotopic (exact) mass is 255 g/mol. The fourth-order valence-corrected chi connectivity index (χ4v) is 1.93. The summed E-state index contributed by atoms with van der Waals surface area (Å²) in [7, 11) is 0. The van der Waals surface area contributed by atoms with Crippen LogP contribution in [0.4, 0.5) is 11.4 Å². The van der Waals surface area contributed by atoms with Crippen molar-refractivity contribution in [1.82, 2.24) is 4.98 Å². The molecule has 0 saturated heterocycles. The van der Waals surface area contributed by atoms with Gasteiger partial charge in [0.05, 0.1) is 23.8 Å². The van der Waals surface area contributed by atoms with Crippen LogP contribution in [0.5, 0.6) is 0 Å². The second kappa shape index (κ2) is 6.78. The van der Waals surface area contributed by atoms with Crippen LogP contribution in [0.3, 0.4) is 0 Å². The highest BCUT2D eigenvalue weighted by molar-refractivity contribution is 5.54. The molecule has 2 N–H and O–H groups in total. The highest BCUT2D eigenvalue weighted by Crippen LogP contribution is 2.14. The summed E-state index contributed by atoms with van der Waals surface area (Å²) in [6.07, 6.45) is 4.82. The van der Waals surface area contributed by atoms with Crippen molar-refractivity contribution >= 4 is 11.4 Å². The Morgan fingerprint density at radius 3 is 2.58 bits per heavy atom. The Balaban J connectivity index is 1.95. The molecule has 1 aromatic heterocycles. The maximum Gasteiger partial charge on any atom is 0.0550 e. The zero-order valence-corrected chi connectivity index (χ0v) is 11.6. The predicted molar refractivity (Wildman–Crippen MR) is 81.5 cm³/mol. The highest BCUT2D eigenvalue weighted by atomic mass is 14.9. The van der Waals surface area contributed by atoms with Crippen molar-refractivity contribution in [2.75, 3.05) is 17.2 Å². The number of hydrogen-bond acceptors (Lipinski definition) is 3. The van der Waals surface area contributed by atoms with E-state index in [0.717, 1.165) is 30.9 Å². The Bertz CT molecular complexity index is 523. The molecule has 3 heteroatoms. The maximum absolute atomic E-state index is 4.24. The van der Waals surface area contributed by atoms with Crippen molar-refractivity contribution < 1.29 is 0 Å². The summed E-state index contributed by atoms with van der Waals surface area (Å²) in [4.78, 5) is 4.24. The van der Waals surface area contributed by atoms with Gasteiger partial charge in [-0.3, -0.25) is 4.98 Å². The lowest BCUT2D eigenvalue weighted by Gasteiger charge is -2.09. The fourth-order valence-electron chi connectivity index (χ4n) is 1.93. The van der Waals surface area contributed by atoms with E-state index in [2.05, 4.69) is 59.8 Å². The number of aromatic nitrogens is 1. The summed E-state index contributed by atoms with van der Waals surface area (Å²) in [5, 5.41) is 6.74. The summed E-state index contributed by atoms with van der Waals surface area (Å²) in [5.74, 6) is 0. The molecule has 100 valence electrons. The number of aryl methyl sites for hydroxylation is 1. The van der Waals surface area contributed by atoms with E-state index < -0.39 is 0 Å². The van der Waals surface area contributed by atoms with Crippen LogP contribution in [0.15, 0.2) is 42.7 Å². The van der Waals surface area contributed by atoms with Gasteiger partial charge >= 0.3 is 0 Å². The number of hydrogen-bond donors (Lipinski definition) is 2. The third kappa shape index (κ3) is 4.28. The molecule has 0 atom stereocenters. The molecule has 0 unspecified atom stereocenters. The van der Waals surface area contributed by atoms with Gasteiger partial charge in [-0.25, -0.2) is 0 Å². The number of pyridine rings is 1. The molecule has 0 spiro atoms. The second-order valence-electron chi connectivity index (χ2n) is 4.73. The Labute approximate surface area is 115 Å². The predicted octanol–water partition coefficient (Wildman–Crippen LogP) is 3.82. The standard InChI is InChI=1S/C16H21N3/c1-3-7-18-15-9-16(12-17-11-15)19-10-14-6-4-5-13(2)8-14/h4-6,8-9,11-12,18-19H,3,7,10H2,1-2H3. The van der Waals surface area contributed by atoms with Crippen molar-refractivity contribution in [1.29, 1.82) is 0 Å². The molecule has 3 nitrogen and oxygen atoms in total. The molecule has 0 aliphatic heterocycles. The van der Waals surface area contributed by atoms with E-state index in [1.165, 1.54) is 11.1 Å². The van der Waals surface area contributed by atoms with Crippen LogP contribution in [0.1, 0.15) is 24.5 Å². The van der Waals surface area contributed by atoms with Gasteiger partial charge in [0.2, 0.25) is 0 Å². The first-order valence-corrected chi connectivity index (χ1v) is 6.76. The average Bonchev–Trinajstić information content (AvgIpc) is 2.43. The zero-order chi connectivity index (χ0) is 13.5. The van der Waals surface area contributed by atoms with E-state index in [9.17, 15) is 0 Å². The third-order valence-corrected chi connectivity index (χ3v) is 2.90. The van der Waals surface area contributed by atoms with Gasteiger partial charge in [0.1, 0.15) is 0 Å². The van der Waals surface area contributed by atoms with Gasteiger partial charge in [-0.1, -0.05) is 36.8 Å². The minimum absolute atomic E-state index is 0.820. The van der Waals surface area contributed by atoms with E-state index in [-0.39, 0.29) is 0 Å². The normalized spacial score (nSPS) is 10.2. The number of benzene rings is 1. The lowest BCUT2D eigenvalue weighted by atomic mass is 10.1. The molecule has 1 aromatic carbocycles.